The zero-order valence-electron chi connectivity index (χ0n) is 7.11. The summed E-state index contributed by atoms with van der Waals surface area (Å²) in [6.07, 6.45) is 1.27. The van der Waals surface area contributed by atoms with Crippen LogP contribution in [0.25, 0.3) is 5.65 Å². The third kappa shape index (κ3) is 1.38. The Morgan fingerprint density at radius 3 is 3.00 bits per heavy atom. The van der Waals surface area contributed by atoms with Crippen LogP contribution in [-0.4, -0.2) is 14.6 Å². The van der Waals surface area contributed by atoms with Crippen molar-refractivity contribution in [2.45, 2.75) is 13.0 Å². The number of nitrogens with zero attached hydrogens (tertiary/aromatic N) is 3. The molecule has 2 heterocycles. The first kappa shape index (κ1) is 8.12. The van der Waals surface area contributed by atoms with Crippen LogP contribution in [0.1, 0.15) is 18.8 Å². The first-order chi connectivity index (χ1) is 6.16. The average molecular weight is 180 g/mol. The summed E-state index contributed by atoms with van der Waals surface area (Å²) < 4.78 is 14.1. The second kappa shape index (κ2) is 2.77. The lowest BCUT2D eigenvalue weighted by molar-refractivity contribution is 0.613. The highest BCUT2D eigenvalue weighted by molar-refractivity contribution is 5.36. The minimum atomic E-state index is -0.339. The lowest BCUT2D eigenvalue weighted by atomic mass is 10.3. The molecule has 13 heavy (non-hydrogen) atoms. The smallest absolute Gasteiger partial charge is 0.168 e. The van der Waals surface area contributed by atoms with E-state index in [0.717, 1.165) is 0 Å². The highest BCUT2D eigenvalue weighted by Crippen LogP contribution is 2.07. The van der Waals surface area contributed by atoms with Gasteiger partial charge in [0.1, 0.15) is 5.82 Å². The van der Waals surface area contributed by atoms with Crippen molar-refractivity contribution in [3.63, 3.8) is 0 Å². The van der Waals surface area contributed by atoms with Gasteiger partial charge >= 0.3 is 0 Å². The molecule has 0 amide bonds. The molecule has 1 unspecified atom stereocenters. The molecule has 0 saturated carbocycles. The van der Waals surface area contributed by atoms with E-state index in [1.807, 2.05) is 0 Å². The third-order valence-corrected chi connectivity index (χ3v) is 1.72. The Balaban J connectivity index is 2.62. The number of hydrogen-bond donors (Lipinski definition) is 1. The van der Waals surface area contributed by atoms with E-state index >= 15 is 0 Å². The zero-order chi connectivity index (χ0) is 9.42. The molecule has 0 aliphatic heterocycles. The average Bonchev–Trinajstić information content (AvgIpc) is 2.46. The highest BCUT2D eigenvalue weighted by atomic mass is 19.1. The second-order valence-corrected chi connectivity index (χ2v) is 2.91. The summed E-state index contributed by atoms with van der Waals surface area (Å²) in [6.45, 7) is 1.78. The molecule has 1 atom stereocenters. The van der Waals surface area contributed by atoms with E-state index in [1.54, 1.807) is 13.0 Å². The summed E-state index contributed by atoms with van der Waals surface area (Å²) in [5.41, 5.74) is 6.19. The van der Waals surface area contributed by atoms with Crippen LogP contribution >= 0.6 is 0 Å². The minimum absolute atomic E-state index is 0.233. The van der Waals surface area contributed by atoms with E-state index in [1.165, 1.54) is 16.8 Å². The van der Waals surface area contributed by atoms with Gasteiger partial charge < -0.3 is 5.73 Å². The molecule has 0 aromatic carbocycles. The van der Waals surface area contributed by atoms with Crippen molar-refractivity contribution in [2.24, 2.45) is 5.73 Å². The Hall–Kier alpha value is -1.49. The van der Waals surface area contributed by atoms with Crippen molar-refractivity contribution in [3.8, 4) is 0 Å². The first-order valence-corrected chi connectivity index (χ1v) is 3.94. The van der Waals surface area contributed by atoms with E-state index in [4.69, 9.17) is 5.73 Å². The van der Waals surface area contributed by atoms with Crippen molar-refractivity contribution in [2.75, 3.05) is 0 Å². The number of nitrogens with two attached hydrogens (primary N) is 1. The predicted octanol–water partition coefficient (Wildman–Crippen LogP) is 0.888. The molecule has 2 aromatic rings. The van der Waals surface area contributed by atoms with Gasteiger partial charge in [-0.2, -0.15) is 0 Å². The van der Waals surface area contributed by atoms with Gasteiger partial charge in [0.2, 0.25) is 0 Å². The molecule has 2 aromatic heterocycles. The summed E-state index contributed by atoms with van der Waals surface area (Å²) in [6, 6.07) is 2.67. The quantitative estimate of drug-likeness (QED) is 0.709. The van der Waals surface area contributed by atoms with E-state index < -0.39 is 0 Å². The Morgan fingerprint density at radius 1 is 1.54 bits per heavy atom. The number of fused-ring (bicyclic) bond motifs is 1. The second-order valence-electron chi connectivity index (χ2n) is 2.91. The fourth-order valence-electron chi connectivity index (χ4n) is 1.07. The number of aromatic nitrogens is 3. The van der Waals surface area contributed by atoms with Gasteiger partial charge in [-0.15, -0.1) is 5.10 Å². The van der Waals surface area contributed by atoms with Crippen molar-refractivity contribution < 1.29 is 4.39 Å². The van der Waals surface area contributed by atoms with Gasteiger partial charge in [0.05, 0.1) is 12.2 Å². The summed E-state index contributed by atoms with van der Waals surface area (Å²) in [5.74, 6) is 0.180. The van der Waals surface area contributed by atoms with Crippen LogP contribution in [-0.2, 0) is 0 Å². The predicted molar refractivity (Wildman–Crippen MR) is 45.5 cm³/mol. The summed E-state index contributed by atoms with van der Waals surface area (Å²) in [7, 11) is 0. The maximum Gasteiger partial charge on any atom is 0.168 e. The van der Waals surface area contributed by atoms with Crippen LogP contribution in [0.4, 0.5) is 4.39 Å². The van der Waals surface area contributed by atoms with Crippen molar-refractivity contribution >= 4 is 5.65 Å². The number of hydrogen-bond acceptors (Lipinski definition) is 3. The molecule has 0 spiro atoms. The van der Waals surface area contributed by atoms with Crippen LogP contribution in [0.15, 0.2) is 18.3 Å². The standard InChI is InChI=1S/C8H9FN4/c1-5(10)8-11-7-3-2-6(9)4-13(7)12-8/h2-5H,10H2,1H3. The van der Waals surface area contributed by atoms with Crippen molar-refractivity contribution in [3.05, 3.63) is 30.0 Å². The largest absolute Gasteiger partial charge is 0.321 e. The molecular formula is C8H9FN4. The van der Waals surface area contributed by atoms with Gasteiger partial charge in [-0.1, -0.05) is 0 Å². The molecule has 0 radical (unpaired) electrons. The van der Waals surface area contributed by atoms with E-state index in [0.29, 0.717) is 11.5 Å². The summed E-state index contributed by atoms with van der Waals surface area (Å²) >= 11 is 0. The molecule has 4 nitrogen and oxygen atoms in total. The molecule has 2 rings (SSSR count). The summed E-state index contributed by atoms with van der Waals surface area (Å²) in [4.78, 5) is 4.11. The van der Waals surface area contributed by atoms with E-state index in [9.17, 15) is 4.39 Å². The molecular weight excluding hydrogens is 171 g/mol. The maximum atomic E-state index is 12.7. The van der Waals surface area contributed by atoms with Gasteiger partial charge in [0, 0.05) is 0 Å². The number of pyridine rings is 1. The molecule has 0 aliphatic rings. The van der Waals surface area contributed by atoms with Crippen molar-refractivity contribution in [1.29, 1.82) is 0 Å². The molecule has 0 fully saturated rings. The van der Waals surface area contributed by atoms with Crippen LogP contribution in [0.5, 0.6) is 0 Å². The van der Waals surface area contributed by atoms with Crippen LogP contribution in [0.3, 0.4) is 0 Å². The van der Waals surface area contributed by atoms with E-state index in [-0.39, 0.29) is 11.9 Å². The highest BCUT2D eigenvalue weighted by Gasteiger charge is 2.07. The molecule has 68 valence electrons. The zero-order valence-corrected chi connectivity index (χ0v) is 7.11. The topological polar surface area (TPSA) is 56.2 Å². The molecule has 0 saturated heterocycles. The Labute approximate surface area is 74.2 Å². The van der Waals surface area contributed by atoms with Gasteiger partial charge in [-0.25, -0.2) is 13.9 Å². The fourth-order valence-corrected chi connectivity index (χ4v) is 1.07. The Bertz CT molecular complexity index is 435. The maximum absolute atomic E-state index is 12.7. The van der Waals surface area contributed by atoms with Crippen LogP contribution in [0, 0.1) is 5.82 Å². The molecule has 2 N–H and O–H groups in total. The lowest BCUT2D eigenvalue weighted by Gasteiger charge is -1.93. The van der Waals surface area contributed by atoms with Gasteiger partial charge in [-0.05, 0) is 19.1 Å². The third-order valence-electron chi connectivity index (χ3n) is 1.72. The monoisotopic (exact) mass is 180 g/mol. The lowest BCUT2D eigenvalue weighted by Crippen LogP contribution is -2.07. The van der Waals surface area contributed by atoms with Crippen LogP contribution < -0.4 is 5.73 Å². The van der Waals surface area contributed by atoms with E-state index in [2.05, 4.69) is 10.1 Å². The number of halogens is 1. The molecule has 0 aliphatic carbocycles. The van der Waals surface area contributed by atoms with Crippen molar-refractivity contribution in [1.82, 2.24) is 14.6 Å². The normalized spacial score (nSPS) is 13.5. The van der Waals surface area contributed by atoms with Crippen LogP contribution in [0.2, 0.25) is 0 Å². The number of rotatable bonds is 1. The Kier molecular flexibility index (Phi) is 1.73. The van der Waals surface area contributed by atoms with Gasteiger partial charge in [-0.3, -0.25) is 0 Å². The van der Waals surface area contributed by atoms with Gasteiger partial charge in [0.15, 0.2) is 11.5 Å². The summed E-state index contributed by atoms with van der Waals surface area (Å²) in [5, 5.41) is 4.01. The molecule has 5 heteroatoms. The molecule has 0 bridgehead atoms. The minimum Gasteiger partial charge on any atom is -0.321 e. The Morgan fingerprint density at radius 2 is 2.31 bits per heavy atom. The fraction of sp³-hybridized carbons (Fsp3) is 0.250. The SMILES string of the molecule is CC(N)c1nc2ccc(F)cn2n1. The first-order valence-electron chi connectivity index (χ1n) is 3.94. The van der Waals surface area contributed by atoms with Gasteiger partial charge in [0.25, 0.3) is 0 Å².